The second-order valence-electron chi connectivity index (χ2n) is 2.00. The molecule has 4 nitrogen and oxygen atoms in total. The number of phenolic OH excluding ortho intramolecular Hbond substituents is 1. The van der Waals surface area contributed by atoms with Crippen molar-refractivity contribution in [2.75, 3.05) is 0 Å². The number of hydrogen-bond donors (Lipinski definition) is 1. The van der Waals surface area contributed by atoms with E-state index in [0.29, 0.717) is 0 Å². The molecule has 0 amide bonds. The molecule has 0 aliphatic rings. The molecule has 0 atom stereocenters. The molecule has 8 heteroatoms. The zero-order valence-electron chi connectivity index (χ0n) is 6.67. The Hall–Kier alpha value is 0.233. The Kier molecular flexibility index (Phi) is 6.06. The summed E-state index contributed by atoms with van der Waals surface area (Å²) in [6.07, 6.45) is 0. The molecule has 0 radical (unpaired) electrons. The molecule has 1 aromatic carbocycles. The first-order chi connectivity index (χ1) is 6.00. The number of rotatable bonds is 2. The minimum absolute atomic E-state index is 0. The van der Waals surface area contributed by atoms with Crippen LogP contribution in [0.3, 0.4) is 0 Å². The smallest absolute Gasteiger partial charge is 0.350 e. The van der Waals surface area contributed by atoms with Gasteiger partial charge in [0.1, 0.15) is 0 Å². The van der Waals surface area contributed by atoms with E-state index in [1.807, 2.05) is 0 Å². The first-order valence-corrected chi connectivity index (χ1v) is 4.61. The van der Waals surface area contributed by atoms with Crippen molar-refractivity contribution in [3.63, 3.8) is 0 Å². The van der Waals surface area contributed by atoms with Crippen molar-refractivity contribution >= 4 is 23.2 Å². The van der Waals surface area contributed by atoms with Gasteiger partial charge >= 0.3 is 10.8 Å². The van der Waals surface area contributed by atoms with E-state index in [2.05, 4.69) is 4.29 Å². The number of benzene rings is 1. The van der Waals surface area contributed by atoms with Gasteiger partial charge < -0.3 is 14.4 Å². The third-order valence-corrected chi connectivity index (χ3v) is 1.94. The van der Waals surface area contributed by atoms with Gasteiger partial charge in [-0.25, -0.2) is 0 Å². The van der Waals surface area contributed by atoms with Crippen LogP contribution in [0.1, 0.15) is 0 Å². The van der Waals surface area contributed by atoms with E-state index in [1.165, 1.54) is 6.07 Å². The molecule has 0 saturated heterocycles. The predicted octanol–water partition coefficient (Wildman–Crippen LogP) is 0.162. The second kappa shape index (κ2) is 5.96. The second-order valence-corrected chi connectivity index (χ2v) is 3.38. The van der Waals surface area contributed by atoms with E-state index < -0.39 is 16.5 Å². The van der Waals surface area contributed by atoms with Gasteiger partial charge in [0.05, 0.1) is 5.02 Å². The van der Waals surface area contributed by atoms with E-state index in [-0.39, 0.29) is 35.3 Å². The van der Waals surface area contributed by atoms with Gasteiger partial charge in [-0.15, -0.1) is 4.29 Å². The Labute approximate surface area is 106 Å². The van der Waals surface area contributed by atoms with Crippen molar-refractivity contribution in [3.05, 3.63) is 22.2 Å². The number of aromatic hydroxyl groups is 1. The number of phenols is 1. The molecule has 14 heavy (non-hydrogen) atoms. The summed E-state index contributed by atoms with van der Waals surface area (Å²) < 4.78 is 24.3. The van der Waals surface area contributed by atoms with Crippen LogP contribution in [-0.2, 0) is 19.5 Å². The fourth-order valence-electron chi connectivity index (χ4n) is 0.669. The molecule has 1 aromatic rings. The van der Waals surface area contributed by atoms with E-state index in [9.17, 15) is 14.4 Å². The molecule has 0 aliphatic carbocycles. The molecular weight excluding hydrogens is 308 g/mol. The molecule has 74 valence electrons. The first kappa shape index (κ1) is 14.2. The van der Waals surface area contributed by atoms with Crippen molar-refractivity contribution in [1.29, 1.82) is 0 Å². The van der Waals surface area contributed by atoms with Crippen LogP contribution in [0, 0.1) is 10.8 Å². The third-order valence-electron chi connectivity index (χ3n) is 1.14. The SMILES string of the molecule is [O-][Cl+2]([O-])Oc1cc(Cl)cc(Cl)c1O.[Zn]. The molecule has 0 fully saturated rings. The molecule has 0 aromatic heterocycles. The van der Waals surface area contributed by atoms with Crippen molar-refractivity contribution < 1.29 is 49.0 Å². The van der Waals surface area contributed by atoms with Crippen molar-refractivity contribution in [1.82, 2.24) is 0 Å². The Balaban J connectivity index is 0.00000169. The van der Waals surface area contributed by atoms with Gasteiger partial charge in [-0.05, 0) is 6.07 Å². The molecule has 0 saturated carbocycles. The van der Waals surface area contributed by atoms with Gasteiger partial charge in [-0.2, -0.15) is 0 Å². The normalized spacial score (nSPS) is 9.79. The van der Waals surface area contributed by atoms with E-state index in [1.54, 1.807) is 0 Å². The van der Waals surface area contributed by atoms with Gasteiger partial charge in [0.25, 0.3) is 5.75 Å². The van der Waals surface area contributed by atoms with Gasteiger partial charge in [-0.3, -0.25) is 0 Å². The van der Waals surface area contributed by atoms with Crippen LogP contribution < -0.4 is 13.6 Å². The number of halogens is 3. The Morgan fingerprint density at radius 2 is 1.86 bits per heavy atom. The largest absolute Gasteiger partial charge is 0.503 e. The summed E-state index contributed by atoms with van der Waals surface area (Å²) in [5, 5.41) is 9.26. The van der Waals surface area contributed by atoms with E-state index in [0.717, 1.165) is 6.07 Å². The molecule has 0 bridgehead atoms. The van der Waals surface area contributed by atoms with Crippen LogP contribution in [-0.4, -0.2) is 5.11 Å². The van der Waals surface area contributed by atoms with Crippen molar-refractivity contribution in [2.24, 2.45) is 0 Å². The van der Waals surface area contributed by atoms with Gasteiger partial charge in [0.15, 0.2) is 5.75 Å². The maximum atomic E-state index is 10.1. The topological polar surface area (TPSA) is 75.6 Å². The molecule has 0 unspecified atom stereocenters. The van der Waals surface area contributed by atoms with E-state index in [4.69, 9.17) is 23.2 Å². The summed E-state index contributed by atoms with van der Waals surface area (Å²) in [5.41, 5.74) is 0. The maximum Gasteiger partial charge on any atom is 0.350 e. The first-order valence-electron chi connectivity index (χ1n) is 2.92. The Morgan fingerprint density at radius 3 is 2.36 bits per heavy atom. The summed E-state index contributed by atoms with van der Waals surface area (Å²) in [6, 6.07) is 2.39. The average molecular weight is 311 g/mol. The molecule has 1 N–H and O–H groups in total. The summed E-state index contributed by atoms with van der Waals surface area (Å²) in [4.78, 5) is 0. The quantitative estimate of drug-likeness (QED) is 0.790. The third kappa shape index (κ3) is 3.77. The number of hydrogen-bond acceptors (Lipinski definition) is 4. The van der Waals surface area contributed by atoms with Crippen LogP contribution in [0.15, 0.2) is 12.1 Å². The zero-order valence-corrected chi connectivity index (χ0v) is 11.9. The monoisotopic (exact) mass is 308 g/mol. The predicted molar refractivity (Wildman–Crippen MR) is 38.8 cm³/mol. The maximum absolute atomic E-state index is 10.1. The molecule has 1 rings (SSSR count). The standard InChI is InChI=1S/C6H3Cl3O4.Zn/c7-3-1-4(8)6(10)5(2-3)13-9(11)12;/h1-2,10H;. The minimum atomic E-state index is -2.45. The van der Waals surface area contributed by atoms with E-state index >= 15 is 0 Å². The molecule has 0 heterocycles. The van der Waals surface area contributed by atoms with Crippen LogP contribution in [0.25, 0.3) is 0 Å². The summed E-state index contributed by atoms with van der Waals surface area (Å²) in [7, 11) is -2.45. The van der Waals surface area contributed by atoms with Crippen LogP contribution in [0.5, 0.6) is 11.5 Å². The molecule has 0 spiro atoms. The summed E-state index contributed by atoms with van der Waals surface area (Å²) in [5.74, 6) is -0.789. The van der Waals surface area contributed by atoms with Gasteiger partial charge in [0.2, 0.25) is 0 Å². The summed E-state index contributed by atoms with van der Waals surface area (Å²) in [6.45, 7) is 0. The average Bonchev–Trinajstić information content (AvgIpc) is 1.98. The van der Waals surface area contributed by atoms with Crippen LogP contribution in [0.2, 0.25) is 10.0 Å². The fourth-order valence-corrected chi connectivity index (χ4v) is 1.40. The Morgan fingerprint density at radius 1 is 1.29 bits per heavy atom. The molecular formula is C6H3Cl3O4Zn. The minimum Gasteiger partial charge on any atom is -0.503 e. The van der Waals surface area contributed by atoms with Crippen LogP contribution >= 0.6 is 23.2 Å². The van der Waals surface area contributed by atoms with Crippen molar-refractivity contribution in [2.45, 2.75) is 0 Å². The Bertz CT molecular complexity index is 320. The van der Waals surface area contributed by atoms with Crippen LogP contribution in [0.4, 0.5) is 0 Å². The molecule has 0 aliphatic heterocycles. The van der Waals surface area contributed by atoms with Gasteiger partial charge in [0, 0.05) is 30.6 Å². The fraction of sp³-hybridized carbons (Fsp3) is 0. The summed E-state index contributed by atoms with van der Waals surface area (Å²) >= 11 is 11.0. The van der Waals surface area contributed by atoms with Crippen molar-refractivity contribution in [3.8, 4) is 11.5 Å². The van der Waals surface area contributed by atoms with Gasteiger partial charge in [-0.1, -0.05) is 23.2 Å². The zero-order chi connectivity index (χ0) is 10.0.